The van der Waals surface area contributed by atoms with E-state index in [1.165, 1.54) is 0 Å². The molecule has 8 heteroatoms. The molecule has 1 aliphatic heterocycles. The van der Waals surface area contributed by atoms with E-state index in [2.05, 4.69) is 10.6 Å². The number of carbonyl (C=O) groups is 3. The van der Waals surface area contributed by atoms with Gasteiger partial charge >= 0.3 is 18.0 Å². The molecule has 0 bridgehead atoms. The quantitative estimate of drug-likeness (QED) is 0.676. The molecule has 2 rings (SSSR count). The van der Waals surface area contributed by atoms with E-state index in [0.29, 0.717) is 12.2 Å². The van der Waals surface area contributed by atoms with Crippen LogP contribution in [0.4, 0.5) is 4.79 Å². The number of hydrogen-bond donors (Lipinski definition) is 2. The van der Waals surface area contributed by atoms with Crippen LogP contribution in [-0.4, -0.2) is 44.8 Å². The molecule has 2 amide bonds. The highest BCUT2D eigenvalue weighted by Crippen LogP contribution is 2.19. The molecule has 0 saturated carbocycles. The van der Waals surface area contributed by atoms with E-state index in [1.807, 2.05) is 24.3 Å². The largest absolute Gasteiger partial charge is 0.496 e. The van der Waals surface area contributed by atoms with Crippen molar-refractivity contribution < 1.29 is 28.6 Å². The first-order chi connectivity index (χ1) is 12.5. The van der Waals surface area contributed by atoms with Crippen molar-refractivity contribution >= 4 is 18.0 Å². The molecule has 0 radical (unpaired) electrons. The van der Waals surface area contributed by atoms with Gasteiger partial charge in [-0.05, 0) is 25.0 Å². The second-order valence-corrected chi connectivity index (χ2v) is 5.46. The van der Waals surface area contributed by atoms with E-state index >= 15 is 0 Å². The van der Waals surface area contributed by atoms with Crippen molar-refractivity contribution in [1.29, 1.82) is 0 Å². The van der Waals surface area contributed by atoms with Gasteiger partial charge in [-0.2, -0.15) is 0 Å². The second-order valence-electron chi connectivity index (χ2n) is 5.46. The molecule has 1 aromatic carbocycles. The first-order valence-electron chi connectivity index (χ1n) is 8.26. The average molecular weight is 362 g/mol. The topological polar surface area (TPSA) is 103 Å². The van der Waals surface area contributed by atoms with Crippen LogP contribution >= 0.6 is 0 Å². The number of benzene rings is 1. The summed E-state index contributed by atoms with van der Waals surface area (Å²) < 4.78 is 15.4. The van der Waals surface area contributed by atoms with Crippen molar-refractivity contribution in [2.45, 2.75) is 19.8 Å². The van der Waals surface area contributed by atoms with Gasteiger partial charge in [-0.15, -0.1) is 0 Å². The van der Waals surface area contributed by atoms with E-state index in [1.54, 1.807) is 14.0 Å². The first kappa shape index (κ1) is 19.3. The molecule has 2 N–H and O–H groups in total. The Labute approximate surface area is 151 Å². The average Bonchev–Trinajstić information content (AvgIpc) is 2.65. The zero-order valence-corrected chi connectivity index (χ0v) is 14.8. The van der Waals surface area contributed by atoms with Crippen LogP contribution in [0.25, 0.3) is 0 Å². The van der Waals surface area contributed by atoms with Gasteiger partial charge in [-0.25, -0.2) is 9.59 Å². The van der Waals surface area contributed by atoms with Crippen molar-refractivity contribution in [3.8, 4) is 5.75 Å². The number of amides is 2. The van der Waals surface area contributed by atoms with Gasteiger partial charge < -0.3 is 24.8 Å². The number of nitrogens with one attached hydrogen (secondary N) is 2. The predicted molar refractivity (Wildman–Crippen MR) is 92.5 cm³/mol. The van der Waals surface area contributed by atoms with Gasteiger partial charge in [0.25, 0.3) is 0 Å². The molecule has 26 heavy (non-hydrogen) atoms. The number of carbonyl (C=O) groups excluding carboxylic acids is 3. The Kier molecular flexibility index (Phi) is 7.02. The Bertz CT molecular complexity index is 713. The Balaban J connectivity index is 1.93. The van der Waals surface area contributed by atoms with Gasteiger partial charge in [0, 0.05) is 6.42 Å². The van der Waals surface area contributed by atoms with Crippen molar-refractivity contribution in [3.05, 3.63) is 41.1 Å². The molecule has 0 aliphatic carbocycles. The summed E-state index contributed by atoms with van der Waals surface area (Å²) in [5, 5.41) is 4.97. The standard InChI is InChI=1S/C18H22N2O6/c1-3-25-17(22)13-10-19-18(23)20-14(13)11-26-16(21)9-8-12-6-4-5-7-15(12)24-2/h4-7H,3,8-11H2,1-2H3,(H2,19,20,23). The third-order valence-corrected chi connectivity index (χ3v) is 3.74. The highest BCUT2D eigenvalue weighted by Gasteiger charge is 2.24. The summed E-state index contributed by atoms with van der Waals surface area (Å²) in [5.74, 6) is -0.294. The fourth-order valence-electron chi connectivity index (χ4n) is 2.44. The van der Waals surface area contributed by atoms with Gasteiger partial charge in [0.05, 0.1) is 31.5 Å². The summed E-state index contributed by atoms with van der Waals surface area (Å²) in [6.07, 6.45) is 0.606. The lowest BCUT2D eigenvalue weighted by atomic mass is 10.1. The maximum Gasteiger partial charge on any atom is 0.337 e. The molecule has 0 spiro atoms. The molecule has 0 fully saturated rings. The number of aryl methyl sites for hydroxylation is 1. The Morgan fingerprint density at radius 3 is 2.69 bits per heavy atom. The predicted octanol–water partition coefficient (Wildman–Crippen LogP) is 1.30. The van der Waals surface area contributed by atoms with E-state index in [9.17, 15) is 14.4 Å². The summed E-state index contributed by atoms with van der Waals surface area (Å²) in [6, 6.07) is 6.95. The number of esters is 2. The van der Waals surface area contributed by atoms with E-state index in [-0.39, 0.29) is 37.4 Å². The van der Waals surface area contributed by atoms with Crippen molar-refractivity contribution in [3.63, 3.8) is 0 Å². The zero-order valence-electron chi connectivity index (χ0n) is 14.8. The fraction of sp³-hybridized carbons (Fsp3) is 0.389. The Hall–Kier alpha value is -3.03. The van der Waals surface area contributed by atoms with Crippen LogP contribution in [0.5, 0.6) is 5.75 Å². The number of rotatable bonds is 8. The number of hydrogen-bond acceptors (Lipinski definition) is 6. The minimum atomic E-state index is -0.555. The first-order valence-corrected chi connectivity index (χ1v) is 8.26. The maximum atomic E-state index is 12.0. The fourth-order valence-corrected chi connectivity index (χ4v) is 2.44. The van der Waals surface area contributed by atoms with Gasteiger partial charge in [0.2, 0.25) is 0 Å². The summed E-state index contributed by atoms with van der Waals surface area (Å²) in [6.45, 7) is 1.72. The molecule has 1 aliphatic rings. The molecule has 1 heterocycles. The number of methoxy groups -OCH3 is 1. The van der Waals surface area contributed by atoms with Crippen LogP contribution in [0.2, 0.25) is 0 Å². The van der Waals surface area contributed by atoms with Crippen LogP contribution in [0.1, 0.15) is 18.9 Å². The van der Waals surface area contributed by atoms with E-state index in [4.69, 9.17) is 14.2 Å². The Morgan fingerprint density at radius 2 is 1.96 bits per heavy atom. The zero-order chi connectivity index (χ0) is 18.9. The van der Waals surface area contributed by atoms with Crippen molar-refractivity contribution in [2.75, 3.05) is 26.9 Å². The molecule has 0 saturated heterocycles. The van der Waals surface area contributed by atoms with Gasteiger partial charge in [0.1, 0.15) is 12.4 Å². The minimum Gasteiger partial charge on any atom is -0.496 e. The SMILES string of the molecule is CCOC(=O)C1=C(COC(=O)CCc2ccccc2OC)NC(=O)NC1. The monoisotopic (exact) mass is 362 g/mol. The summed E-state index contributed by atoms with van der Waals surface area (Å²) in [5.41, 5.74) is 1.37. The highest BCUT2D eigenvalue weighted by molar-refractivity contribution is 5.93. The second kappa shape index (κ2) is 9.45. The molecular weight excluding hydrogens is 340 g/mol. The normalized spacial score (nSPS) is 13.5. The van der Waals surface area contributed by atoms with E-state index < -0.39 is 18.0 Å². The van der Waals surface area contributed by atoms with Gasteiger partial charge in [0.15, 0.2) is 0 Å². The summed E-state index contributed by atoms with van der Waals surface area (Å²) in [4.78, 5) is 35.4. The third-order valence-electron chi connectivity index (χ3n) is 3.74. The molecule has 8 nitrogen and oxygen atoms in total. The van der Waals surface area contributed by atoms with E-state index in [0.717, 1.165) is 5.56 Å². The number of para-hydroxylation sites is 1. The number of urea groups is 1. The molecule has 0 atom stereocenters. The summed E-state index contributed by atoms with van der Waals surface area (Å²) >= 11 is 0. The van der Waals surface area contributed by atoms with Gasteiger partial charge in [-0.1, -0.05) is 18.2 Å². The van der Waals surface area contributed by atoms with Crippen LogP contribution in [0.3, 0.4) is 0 Å². The Morgan fingerprint density at radius 1 is 1.19 bits per heavy atom. The van der Waals surface area contributed by atoms with Crippen LogP contribution < -0.4 is 15.4 Å². The van der Waals surface area contributed by atoms with Gasteiger partial charge in [-0.3, -0.25) is 4.79 Å². The third kappa shape index (κ3) is 5.23. The lowest BCUT2D eigenvalue weighted by Crippen LogP contribution is -2.45. The minimum absolute atomic E-state index is 0.0266. The van der Waals surface area contributed by atoms with Crippen LogP contribution in [0.15, 0.2) is 35.5 Å². The lowest BCUT2D eigenvalue weighted by molar-refractivity contribution is -0.143. The lowest BCUT2D eigenvalue weighted by Gasteiger charge is -2.21. The molecular formula is C18H22N2O6. The summed E-state index contributed by atoms with van der Waals surface area (Å²) in [7, 11) is 1.57. The number of ether oxygens (including phenoxy) is 3. The molecule has 0 unspecified atom stereocenters. The smallest absolute Gasteiger partial charge is 0.337 e. The molecule has 1 aromatic rings. The van der Waals surface area contributed by atoms with Crippen LogP contribution in [-0.2, 0) is 25.5 Å². The highest BCUT2D eigenvalue weighted by atomic mass is 16.5. The van der Waals surface area contributed by atoms with Crippen molar-refractivity contribution in [2.24, 2.45) is 0 Å². The van der Waals surface area contributed by atoms with Crippen LogP contribution in [0, 0.1) is 0 Å². The molecule has 0 aromatic heterocycles. The molecule has 140 valence electrons. The maximum absolute atomic E-state index is 12.0. The van der Waals surface area contributed by atoms with Crippen molar-refractivity contribution in [1.82, 2.24) is 10.6 Å².